The molecule has 1 aromatic carbocycles. The highest BCUT2D eigenvalue weighted by Gasteiger charge is 2.34. The fourth-order valence-corrected chi connectivity index (χ4v) is 4.83. The Hall–Kier alpha value is -3.81. The van der Waals surface area contributed by atoms with Gasteiger partial charge in [0.25, 0.3) is 6.43 Å². The van der Waals surface area contributed by atoms with E-state index < -0.39 is 17.9 Å². The molecule has 12 nitrogen and oxygen atoms in total. The van der Waals surface area contributed by atoms with Gasteiger partial charge in [-0.3, -0.25) is 4.57 Å². The predicted octanol–water partition coefficient (Wildman–Crippen LogP) is 3.44. The van der Waals surface area contributed by atoms with E-state index in [-0.39, 0.29) is 23.6 Å². The first-order valence-corrected chi connectivity index (χ1v) is 13.2. The van der Waals surface area contributed by atoms with Crippen LogP contribution >= 0.6 is 0 Å². The lowest BCUT2D eigenvalue weighted by molar-refractivity contribution is 0.0292. The number of nitrogens with zero attached hydrogens (tertiary/aromatic N) is 8. The zero-order valence-corrected chi connectivity index (χ0v) is 23.3. The maximum absolute atomic E-state index is 14.3. The number of hydrogen-bond donors (Lipinski definition) is 0. The summed E-state index contributed by atoms with van der Waals surface area (Å²) in [6.07, 6.45) is -2.61. The lowest BCUT2D eigenvalue weighted by Crippen LogP contribution is -2.40. The number of aromatic nitrogens is 5. The fraction of sp³-hybridized carbons (Fsp3) is 0.577. The minimum atomic E-state index is -2.89. The lowest BCUT2D eigenvalue weighted by atomic mass is 10.2. The molecule has 0 spiro atoms. The Bertz CT molecular complexity index is 1370. The van der Waals surface area contributed by atoms with Gasteiger partial charge in [0.2, 0.25) is 17.8 Å². The predicted molar refractivity (Wildman–Crippen MR) is 144 cm³/mol. The van der Waals surface area contributed by atoms with Crippen molar-refractivity contribution in [2.24, 2.45) is 0 Å². The number of likely N-dealkylation sites (tertiary alicyclic amines) is 1. The number of likely N-dealkylation sites (N-methyl/N-ethyl adjacent to an activating group) is 1. The Morgan fingerprint density at radius 2 is 1.82 bits per heavy atom. The van der Waals surface area contributed by atoms with Crippen LogP contribution < -0.4 is 14.5 Å². The number of methoxy groups -OCH3 is 1. The van der Waals surface area contributed by atoms with Gasteiger partial charge in [0.1, 0.15) is 16.9 Å². The Morgan fingerprint density at radius 1 is 1.10 bits per heavy atom. The molecule has 0 radical (unpaired) electrons. The van der Waals surface area contributed by atoms with Crippen molar-refractivity contribution >= 4 is 29.0 Å². The highest BCUT2D eigenvalue weighted by molar-refractivity contribution is 5.84. The van der Waals surface area contributed by atoms with Crippen LogP contribution in [0.3, 0.4) is 0 Å². The largest absolute Gasteiger partial charge is 0.494 e. The second kappa shape index (κ2) is 11.0. The van der Waals surface area contributed by atoms with Crippen molar-refractivity contribution < 1.29 is 27.8 Å². The average molecular weight is 561 g/mol. The zero-order chi connectivity index (χ0) is 28.6. The van der Waals surface area contributed by atoms with E-state index in [1.54, 1.807) is 23.1 Å². The molecule has 0 N–H and O–H groups in total. The van der Waals surface area contributed by atoms with Crippen LogP contribution in [-0.4, -0.2) is 101 Å². The third-order valence-corrected chi connectivity index (χ3v) is 6.86. The fourth-order valence-electron chi connectivity index (χ4n) is 4.83. The van der Waals surface area contributed by atoms with Crippen LogP contribution in [0, 0.1) is 0 Å². The number of alkyl halides is 2. The summed E-state index contributed by atoms with van der Waals surface area (Å²) in [6.45, 7) is 8.48. The molecule has 0 aliphatic carbocycles. The van der Waals surface area contributed by atoms with Gasteiger partial charge in [-0.15, -0.1) is 0 Å². The summed E-state index contributed by atoms with van der Waals surface area (Å²) in [5.74, 6) is 0.538. The highest BCUT2D eigenvalue weighted by atomic mass is 19.3. The summed E-state index contributed by atoms with van der Waals surface area (Å²) >= 11 is 0. The quantitative estimate of drug-likeness (QED) is 0.445. The number of carbonyl (C=O) groups excluding carboxylic acids is 1. The average Bonchev–Trinajstić information content (AvgIpc) is 3.58. The standard InChI is InChI=1S/C26H34F2N8O4/c1-26(2,3)40-25(37)35-10-9-16(15-35)33(4)22-30-23(34-11-13-39-14-12-34)32-24(31-22)36-17-7-6-8-18(38-5)19(17)29-21(36)20(27)28/h6-8,16,20H,9-15H2,1-5H3/t16-/m0/s1. The summed E-state index contributed by atoms with van der Waals surface area (Å²) in [5.41, 5.74) is 0.0716. The van der Waals surface area contributed by atoms with Gasteiger partial charge >= 0.3 is 6.09 Å². The smallest absolute Gasteiger partial charge is 0.410 e. The van der Waals surface area contributed by atoms with Crippen LogP contribution in [0.5, 0.6) is 5.75 Å². The molecule has 0 saturated carbocycles. The van der Waals surface area contributed by atoms with Crippen LogP contribution in [0.15, 0.2) is 18.2 Å². The Kier molecular flexibility index (Phi) is 7.62. The lowest BCUT2D eigenvalue weighted by Gasteiger charge is -2.29. The Balaban J connectivity index is 1.55. The molecule has 2 aliphatic rings. The molecule has 216 valence electrons. The summed E-state index contributed by atoms with van der Waals surface area (Å²) in [6, 6.07) is 4.93. The van der Waals surface area contributed by atoms with Crippen LogP contribution in [0.1, 0.15) is 39.4 Å². The molecule has 2 aromatic heterocycles. The van der Waals surface area contributed by atoms with Crippen molar-refractivity contribution in [3.63, 3.8) is 0 Å². The molecule has 2 saturated heterocycles. The van der Waals surface area contributed by atoms with E-state index >= 15 is 0 Å². The first-order valence-electron chi connectivity index (χ1n) is 13.2. The maximum Gasteiger partial charge on any atom is 0.410 e. The number of anilines is 2. The summed E-state index contributed by atoms with van der Waals surface area (Å²) in [5, 5.41) is 0. The van der Waals surface area contributed by atoms with E-state index in [2.05, 4.69) is 15.0 Å². The van der Waals surface area contributed by atoms with Crippen molar-refractivity contribution in [2.45, 2.75) is 45.3 Å². The van der Waals surface area contributed by atoms with E-state index in [0.717, 1.165) is 0 Å². The van der Waals surface area contributed by atoms with E-state index in [0.29, 0.717) is 69.0 Å². The van der Waals surface area contributed by atoms with Crippen LogP contribution in [0.4, 0.5) is 25.5 Å². The first kappa shape index (κ1) is 27.7. The summed E-state index contributed by atoms with van der Waals surface area (Å²) in [7, 11) is 3.29. The van der Waals surface area contributed by atoms with Gasteiger partial charge in [-0.25, -0.2) is 18.6 Å². The van der Waals surface area contributed by atoms with Crippen LogP contribution in [0.25, 0.3) is 17.0 Å². The van der Waals surface area contributed by atoms with Crippen molar-refractivity contribution in [3.05, 3.63) is 24.0 Å². The van der Waals surface area contributed by atoms with E-state index in [9.17, 15) is 13.6 Å². The third kappa shape index (κ3) is 5.58. The first-order chi connectivity index (χ1) is 19.1. The minimum absolute atomic E-state index is 0.0198. The van der Waals surface area contributed by atoms with Gasteiger partial charge in [-0.1, -0.05) is 6.07 Å². The van der Waals surface area contributed by atoms with E-state index in [1.807, 2.05) is 37.6 Å². The number of ether oxygens (including phenoxy) is 3. The van der Waals surface area contributed by atoms with Crippen LogP contribution in [-0.2, 0) is 9.47 Å². The van der Waals surface area contributed by atoms with E-state index in [1.165, 1.54) is 11.7 Å². The number of fused-ring (bicyclic) bond motifs is 1. The molecule has 2 aliphatic heterocycles. The molecule has 0 bridgehead atoms. The second-order valence-electron chi connectivity index (χ2n) is 10.7. The molecule has 14 heteroatoms. The number of morpholine rings is 1. The van der Waals surface area contributed by atoms with Crippen molar-refractivity contribution in [3.8, 4) is 11.7 Å². The SMILES string of the molecule is COc1cccc2c1nc(C(F)F)n2-c1nc(N2CCOCC2)nc(N(C)[C@H]2CCN(C(=O)OC(C)(C)C)C2)n1. The molecule has 1 amide bonds. The molecule has 0 unspecified atom stereocenters. The number of imidazole rings is 1. The topological polar surface area (TPSA) is 111 Å². The van der Waals surface area contributed by atoms with Gasteiger partial charge in [0.05, 0.1) is 31.9 Å². The van der Waals surface area contributed by atoms with Crippen molar-refractivity contribution in [1.82, 2.24) is 29.4 Å². The normalized spacial score (nSPS) is 18.1. The molecule has 3 aromatic rings. The minimum Gasteiger partial charge on any atom is -0.494 e. The van der Waals surface area contributed by atoms with Gasteiger partial charge in [0, 0.05) is 33.2 Å². The molecular formula is C26H34F2N8O4. The van der Waals surface area contributed by atoms with Crippen molar-refractivity contribution in [1.29, 1.82) is 0 Å². The number of para-hydroxylation sites is 1. The Labute approximate surface area is 230 Å². The number of hydrogen-bond acceptors (Lipinski definition) is 10. The number of benzene rings is 1. The van der Waals surface area contributed by atoms with Gasteiger partial charge in [0.15, 0.2) is 5.82 Å². The monoisotopic (exact) mass is 560 g/mol. The maximum atomic E-state index is 14.3. The molecule has 2 fully saturated rings. The third-order valence-electron chi connectivity index (χ3n) is 6.86. The Morgan fingerprint density at radius 3 is 2.50 bits per heavy atom. The molecule has 40 heavy (non-hydrogen) atoms. The van der Waals surface area contributed by atoms with Gasteiger partial charge < -0.3 is 28.9 Å². The highest BCUT2D eigenvalue weighted by Crippen LogP contribution is 2.33. The number of carbonyl (C=O) groups is 1. The van der Waals surface area contributed by atoms with E-state index in [4.69, 9.17) is 19.2 Å². The number of amides is 1. The second-order valence-corrected chi connectivity index (χ2v) is 10.7. The van der Waals surface area contributed by atoms with Gasteiger partial charge in [-0.05, 0) is 39.3 Å². The molecule has 4 heterocycles. The summed E-state index contributed by atoms with van der Waals surface area (Å²) < 4.78 is 46.3. The van der Waals surface area contributed by atoms with Crippen molar-refractivity contribution in [2.75, 3.05) is 63.4 Å². The van der Waals surface area contributed by atoms with Gasteiger partial charge in [-0.2, -0.15) is 15.0 Å². The van der Waals surface area contributed by atoms with Crippen LogP contribution in [0.2, 0.25) is 0 Å². The summed E-state index contributed by atoms with van der Waals surface area (Å²) in [4.78, 5) is 36.3. The zero-order valence-electron chi connectivity index (χ0n) is 23.3. The number of rotatable bonds is 6. The molecule has 5 rings (SSSR count). The molecular weight excluding hydrogens is 526 g/mol. The molecule has 1 atom stereocenters. The number of halogens is 2.